The molecule has 0 aliphatic rings. The van der Waals surface area contributed by atoms with Crippen molar-refractivity contribution in [2.75, 3.05) is 18.6 Å². The van der Waals surface area contributed by atoms with Crippen LogP contribution in [-0.4, -0.2) is 46.4 Å². The number of carbonyl (C=O) groups excluding carboxylic acids is 1. The lowest BCUT2D eigenvalue weighted by Crippen LogP contribution is -2.38. The molecule has 1 heterocycles. The number of amides is 1. The number of hydrogen-bond donors (Lipinski definition) is 1. The molecule has 0 saturated heterocycles. The highest BCUT2D eigenvalue weighted by atomic mass is 16.6. The lowest BCUT2D eigenvalue weighted by Gasteiger charge is -2.29. The molecule has 0 bridgehead atoms. The van der Waals surface area contributed by atoms with Crippen molar-refractivity contribution < 1.29 is 24.2 Å². The first-order chi connectivity index (χ1) is 16.0. The Morgan fingerprint density at radius 3 is 2.53 bits per heavy atom. The monoisotopic (exact) mass is 460 g/mol. The summed E-state index contributed by atoms with van der Waals surface area (Å²) in [5, 5.41) is 20.0. The van der Waals surface area contributed by atoms with Crippen LogP contribution >= 0.6 is 0 Å². The molecule has 0 saturated carbocycles. The average molecular weight is 460 g/mol. The van der Waals surface area contributed by atoms with E-state index < -0.39 is 17.7 Å². The van der Waals surface area contributed by atoms with E-state index >= 15 is 0 Å². The number of benzene rings is 2. The Hall–Kier alpha value is -4.45. The van der Waals surface area contributed by atoms with Gasteiger partial charge in [-0.2, -0.15) is 5.26 Å². The normalized spacial score (nSPS) is 10.9. The largest absolute Gasteiger partial charge is 0.495 e. The van der Waals surface area contributed by atoms with Crippen LogP contribution in [0.15, 0.2) is 54.7 Å². The van der Waals surface area contributed by atoms with Gasteiger partial charge in [0.2, 0.25) is 5.82 Å². The molecule has 0 atom stereocenters. The van der Waals surface area contributed by atoms with E-state index in [2.05, 4.69) is 16.5 Å². The zero-order valence-corrected chi connectivity index (χ0v) is 19.3. The summed E-state index contributed by atoms with van der Waals surface area (Å²) in [7, 11) is 1.48. The van der Waals surface area contributed by atoms with E-state index in [1.54, 1.807) is 45.0 Å². The fourth-order valence-electron chi connectivity index (χ4n) is 3.29. The number of methoxy groups -OCH3 is 1. The third-order valence-corrected chi connectivity index (χ3v) is 4.71. The van der Waals surface area contributed by atoms with E-state index in [-0.39, 0.29) is 17.9 Å². The number of aromatic nitrogens is 2. The molecule has 1 amide bonds. The van der Waals surface area contributed by atoms with Crippen molar-refractivity contribution in [2.45, 2.75) is 26.4 Å². The van der Waals surface area contributed by atoms with Crippen molar-refractivity contribution >= 4 is 28.5 Å². The maximum absolute atomic E-state index is 13.2. The third kappa shape index (κ3) is 5.30. The number of carboxylic acids is 1. The van der Waals surface area contributed by atoms with Crippen molar-refractivity contribution in [3.05, 3.63) is 60.6 Å². The number of fused-ring (bicyclic) bond motifs is 1. The van der Waals surface area contributed by atoms with Gasteiger partial charge in [-0.05, 0) is 44.4 Å². The second-order valence-corrected chi connectivity index (χ2v) is 8.40. The van der Waals surface area contributed by atoms with Crippen LogP contribution in [0.4, 0.5) is 10.5 Å². The lowest BCUT2D eigenvalue weighted by molar-refractivity contribution is 0.0582. The predicted molar refractivity (Wildman–Crippen MR) is 127 cm³/mol. The highest BCUT2D eigenvalue weighted by Crippen LogP contribution is 2.39. The van der Waals surface area contributed by atoms with Crippen LogP contribution in [0.5, 0.6) is 5.75 Å². The minimum atomic E-state index is -1.24. The Morgan fingerprint density at radius 2 is 1.91 bits per heavy atom. The van der Waals surface area contributed by atoms with Gasteiger partial charge < -0.3 is 14.6 Å². The van der Waals surface area contributed by atoms with E-state index in [1.807, 2.05) is 18.2 Å². The molecule has 0 radical (unpaired) electrons. The number of rotatable bonds is 6. The second kappa shape index (κ2) is 9.58. The van der Waals surface area contributed by atoms with E-state index in [0.29, 0.717) is 28.1 Å². The topological polar surface area (TPSA) is 126 Å². The van der Waals surface area contributed by atoms with Crippen molar-refractivity contribution in [3.63, 3.8) is 0 Å². The first-order valence-corrected chi connectivity index (χ1v) is 10.3. The van der Waals surface area contributed by atoms with E-state index in [9.17, 15) is 20.0 Å². The molecule has 0 spiro atoms. The zero-order chi connectivity index (χ0) is 25.0. The first-order valence-electron chi connectivity index (χ1n) is 10.3. The molecule has 9 nitrogen and oxygen atoms in total. The van der Waals surface area contributed by atoms with Crippen molar-refractivity contribution in [3.8, 4) is 23.1 Å². The van der Waals surface area contributed by atoms with Gasteiger partial charge in [-0.15, -0.1) is 0 Å². The average Bonchev–Trinajstić information content (AvgIpc) is 2.80. The highest BCUT2D eigenvalue weighted by molar-refractivity contribution is 6.06. The molecular formula is C25H24N4O5. The molecule has 0 unspecified atom stereocenters. The maximum Gasteiger partial charge on any atom is 0.415 e. The Balaban J connectivity index is 2.26. The molecule has 0 fully saturated rings. The summed E-state index contributed by atoms with van der Waals surface area (Å²) in [4.78, 5) is 33.7. The van der Waals surface area contributed by atoms with Crippen molar-refractivity contribution in [2.24, 2.45) is 0 Å². The SMILES string of the molecule is C=C(C#N)CN(C(=O)OC(C)(C)C)c1c(OC)ccc2ccc(-c3ccnc(C(=O)O)n3)cc12. The Kier molecular flexibility index (Phi) is 6.82. The molecule has 3 aromatic rings. The van der Waals surface area contributed by atoms with Gasteiger partial charge in [-0.25, -0.2) is 19.6 Å². The van der Waals surface area contributed by atoms with Gasteiger partial charge in [-0.1, -0.05) is 24.8 Å². The smallest absolute Gasteiger partial charge is 0.415 e. The van der Waals surface area contributed by atoms with Gasteiger partial charge in [-0.3, -0.25) is 4.90 Å². The van der Waals surface area contributed by atoms with Gasteiger partial charge in [0.05, 0.1) is 31.1 Å². The predicted octanol–water partition coefficient (Wildman–Crippen LogP) is 4.82. The van der Waals surface area contributed by atoms with Crippen LogP contribution in [0.2, 0.25) is 0 Å². The van der Waals surface area contributed by atoms with Crippen LogP contribution in [0.3, 0.4) is 0 Å². The molecule has 1 N–H and O–H groups in total. The lowest BCUT2D eigenvalue weighted by atomic mass is 10.0. The van der Waals surface area contributed by atoms with Crippen LogP contribution in [0, 0.1) is 11.3 Å². The fraction of sp³-hybridized carbons (Fsp3) is 0.240. The number of hydrogen-bond acceptors (Lipinski definition) is 7. The molecule has 9 heteroatoms. The summed E-state index contributed by atoms with van der Waals surface area (Å²) < 4.78 is 11.2. The number of ether oxygens (including phenoxy) is 2. The standard InChI is InChI=1S/C25H24N4O5/c1-15(13-26)14-29(24(32)34-25(2,3)4)21-18-12-17(7-6-16(18)8-9-20(21)33-5)19-10-11-27-22(28-19)23(30)31/h6-12H,1,14H2,2-5H3,(H,30,31). The summed E-state index contributed by atoms with van der Waals surface area (Å²) in [6.45, 7) is 8.85. The molecule has 0 aliphatic heterocycles. The first kappa shape index (κ1) is 24.2. The van der Waals surface area contributed by atoms with Gasteiger partial charge in [0.1, 0.15) is 11.4 Å². The van der Waals surface area contributed by atoms with Crippen molar-refractivity contribution in [1.29, 1.82) is 5.26 Å². The van der Waals surface area contributed by atoms with Gasteiger partial charge >= 0.3 is 12.1 Å². The number of carboxylic acid groups (broad SMARTS) is 1. The van der Waals surface area contributed by atoms with E-state index in [0.717, 1.165) is 5.39 Å². The number of nitriles is 1. The summed E-state index contributed by atoms with van der Waals surface area (Å²) >= 11 is 0. The number of carbonyl (C=O) groups is 2. The summed E-state index contributed by atoms with van der Waals surface area (Å²) in [5.74, 6) is -1.18. The molecule has 34 heavy (non-hydrogen) atoms. The summed E-state index contributed by atoms with van der Waals surface area (Å²) in [6, 6.07) is 12.5. The molecule has 1 aromatic heterocycles. The number of nitrogens with zero attached hydrogens (tertiary/aromatic N) is 4. The van der Waals surface area contributed by atoms with Crippen LogP contribution in [-0.2, 0) is 4.74 Å². The molecule has 2 aromatic carbocycles. The Labute approximate surface area is 196 Å². The fourth-order valence-corrected chi connectivity index (χ4v) is 3.29. The second-order valence-electron chi connectivity index (χ2n) is 8.40. The minimum absolute atomic E-state index is 0.109. The quantitative estimate of drug-likeness (QED) is 0.519. The number of aromatic carboxylic acids is 1. The summed E-state index contributed by atoms with van der Waals surface area (Å²) in [5.41, 5.74) is 0.770. The van der Waals surface area contributed by atoms with Gasteiger partial charge in [0.25, 0.3) is 0 Å². The maximum atomic E-state index is 13.2. The van der Waals surface area contributed by atoms with Crippen LogP contribution in [0.1, 0.15) is 31.4 Å². The zero-order valence-electron chi connectivity index (χ0n) is 19.3. The Bertz CT molecular complexity index is 1320. The molecular weight excluding hydrogens is 436 g/mol. The molecule has 3 rings (SSSR count). The number of anilines is 1. The van der Waals surface area contributed by atoms with Gasteiger partial charge in [0, 0.05) is 22.7 Å². The van der Waals surface area contributed by atoms with Crippen LogP contribution < -0.4 is 9.64 Å². The van der Waals surface area contributed by atoms with Crippen LogP contribution in [0.25, 0.3) is 22.0 Å². The third-order valence-electron chi connectivity index (χ3n) is 4.71. The Morgan fingerprint density at radius 1 is 1.21 bits per heavy atom. The minimum Gasteiger partial charge on any atom is -0.495 e. The highest BCUT2D eigenvalue weighted by Gasteiger charge is 2.28. The molecule has 174 valence electrons. The van der Waals surface area contributed by atoms with Gasteiger partial charge in [0.15, 0.2) is 0 Å². The summed E-state index contributed by atoms with van der Waals surface area (Å²) in [6.07, 6.45) is 0.696. The molecule has 0 aliphatic carbocycles. The van der Waals surface area contributed by atoms with Crippen molar-refractivity contribution in [1.82, 2.24) is 9.97 Å². The van der Waals surface area contributed by atoms with E-state index in [4.69, 9.17) is 9.47 Å². The van der Waals surface area contributed by atoms with E-state index in [1.165, 1.54) is 18.2 Å².